The van der Waals surface area contributed by atoms with Crippen LogP contribution >= 0.6 is 0 Å². The second-order valence-electron chi connectivity index (χ2n) is 6.16. The molecule has 0 saturated heterocycles. The molecule has 0 spiro atoms. The summed E-state index contributed by atoms with van der Waals surface area (Å²) in [5.74, 6) is 0.408. The number of benzene rings is 2. The van der Waals surface area contributed by atoms with Gasteiger partial charge in [-0.3, -0.25) is 4.79 Å². The maximum Gasteiger partial charge on any atom is 0.238 e. The summed E-state index contributed by atoms with van der Waals surface area (Å²) in [5, 5.41) is 14.8. The molecule has 1 amide bonds. The van der Waals surface area contributed by atoms with E-state index in [-0.39, 0.29) is 18.5 Å². The zero-order valence-corrected chi connectivity index (χ0v) is 14.3. The molecule has 0 radical (unpaired) electrons. The fourth-order valence-electron chi connectivity index (χ4n) is 2.37. The lowest BCUT2D eigenvalue weighted by atomic mass is 9.99. The number of rotatable bonds is 6. The van der Waals surface area contributed by atoms with Gasteiger partial charge in [-0.1, -0.05) is 38.1 Å². The van der Waals surface area contributed by atoms with Crippen LogP contribution in [0.1, 0.15) is 49.4 Å². The first-order valence-electron chi connectivity index (χ1n) is 8.13. The summed E-state index contributed by atoms with van der Waals surface area (Å²) in [7, 11) is 0. The van der Waals surface area contributed by atoms with Crippen molar-refractivity contribution in [2.45, 2.75) is 32.7 Å². The molecule has 1 unspecified atom stereocenters. The van der Waals surface area contributed by atoms with E-state index in [1.54, 1.807) is 24.3 Å². The van der Waals surface area contributed by atoms with E-state index in [1.807, 2.05) is 6.92 Å². The lowest BCUT2D eigenvalue weighted by molar-refractivity contribution is -0.115. The summed E-state index contributed by atoms with van der Waals surface area (Å²) in [6.45, 7) is 6.61. The normalized spacial score (nSPS) is 11.8. The molecule has 2 aromatic carbocycles. The Kier molecular flexibility index (Phi) is 6.11. The number of hydrogen-bond acceptors (Lipinski definition) is 3. The standard InChI is InChI=1S/C20H23N3O/c1-14(2)17-6-8-18(9-7-17)15(3)22-13-20(24)23-19-10-4-16(12-21)5-11-19/h4-11,14-15,22H,13H2,1-3H3,(H,23,24). The second kappa shape index (κ2) is 8.28. The number of carbonyl (C=O) groups is 1. The summed E-state index contributed by atoms with van der Waals surface area (Å²) in [6.07, 6.45) is 0. The maximum absolute atomic E-state index is 12.0. The number of nitriles is 1. The van der Waals surface area contributed by atoms with Crippen LogP contribution in [0.5, 0.6) is 0 Å². The Morgan fingerprint density at radius 3 is 2.12 bits per heavy atom. The number of nitrogens with zero attached hydrogens (tertiary/aromatic N) is 1. The van der Waals surface area contributed by atoms with Crippen molar-refractivity contribution in [3.05, 3.63) is 65.2 Å². The van der Waals surface area contributed by atoms with Crippen LogP contribution in [-0.4, -0.2) is 12.5 Å². The summed E-state index contributed by atoms with van der Waals surface area (Å²) >= 11 is 0. The van der Waals surface area contributed by atoms with E-state index in [0.717, 1.165) is 5.56 Å². The molecule has 2 rings (SSSR count). The predicted octanol–water partition coefficient (Wildman–Crippen LogP) is 3.97. The van der Waals surface area contributed by atoms with Crippen molar-refractivity contribution in [1.82, 2.24) is 5.32 Å². The molecule has 0 bridgehead atoms. The minimum atomic E-state index is -0.106. The molecule has 0 aliphatic rings. The van der Waals surface area contributed by atoms with E-state index < -0.39 is 0 Å². The van der Waals surface area contributed by atoms with E-state index in [4.69, 9.17) is 5.26 Å². The van der Waals surface area contributed by atoms with Crippen molar-refractivity contribution in [1.29, 1.82) is 5.26 Å². The van der Waals surface area contributed by atoms with Crippen molar-refractivity contribution >= 4 is 11.6 Å². The van der Waals surface area contributed by atoms with Crippen molar-refractivity contribution in [2.24, 2.45) is 0 Å². The highest BCUT2D eigenvalue weighted by Crippen LogP contribution is 2.18. The van der Waals surface area contributed by atoms with E-state index >= 15 is 0 Å². The number of carbonyl (C=O) groups excluding carboxylic acids is 1. The number of nitrogens with one attached hydrogen (secondary N) is 2. The summed E-state index contributed by atoms with van der Waals surface area (Å²) < 4.78 is 0. The molecule has 0 fully saturated rings. The Hall–Kier alpha value is -2.64. The highest BCUT2D eigenvalue weighted by Gasteiger charge is 2.09. The molecular formula is C20H23N3O. The molecule has 0 aliphatic carbocycles. The van der Waals surface area contributed by atoms with Gasteiger partial charge in [0.2, 0.25) is 5.91 Å². The van der Waals surface area contributed by atoms with Gasteiger partial charge < -0.3 is 10.6 Å². The molecule has 124 valence electrons. The quantitative estimate of drug-likeness (QED) is 0.846. The summed E-state index contributed by atoms with van der Waals surface area (Å²) in [6, 6.07) is 17.4. The van der Waals surface area contributed by atoms with Gasteiger partial charge in [0.15, 0.2) is 0 Å². The molecule has 1 atom stereocenters. The Bertz CT molecular complexity index is 712. The largest absolute Gasteiger partial charge is 0.325 e. The van der Waals surface area contributed by atoms with E-state index in [1.165, 1.54) is 5.56 Å². The van der Waals surface area contributed by atoms with Gasteiger partial charge in [-0.05, 0) is 48.2 Å². The first-order chi connectivity index (χ1) is 11.5. The van der Waals surface area contributed by atoms with Gasteiger partial charge in [0.05, 0.1) is 18.2 Å². The molecule has 2 N–H and O–H groups in total. The van der Waals surface area contributed by atoms with Gasteiger partial charge in [0.1, 0.15) is 0 Å². The molecule has 0 aromatic heterocycles. The summed E-state index contributed by atoms with van der Waals surface area (Å²) in [5.41, 5.74) is 3.73. The van der Waals surface area contributed by atoms with Crippen LogP contribution in [-0.2, 0) is 4.79 Å². The van der Waals surface area contributed by atoms with Crippen LogP contribution < -0.4 is 10.6 Å². The van der Waals surface area contributed by atoms with E-state index in [0.29, 0.717) is 17.2 Å². The van der Waals surface area contributed by atoms with Gasteiger partial charge in [-0.15, -0.1) is 0 Å². The lowest BCUT2D eigenvalue weighted by Crippen LogP contribution is -2.30. The van der Waals surface area contributed by atoms with Gasteiger partial charge in [0.25, 0.3) is 0 Å². The molecule has 0 heterocycles. The Labute approximate surface area is 143 Å². The maximum atomic E-state index is 12.0. The average Bonchev–Trinajstić information content (AvgIpc) is 2.60. The molecule has 0 aliphatic heterocycles. The van der Waals surface area contributed by atoms with Crippen LogP contribution in [0.15, 0.2) is 48.5 Å². The molecule has 0 saturated carbocycles. The van der Waals surface area contributed by atoms with Crippen LogP contribution in [0.25, 0.3) is 0 Å². The second-order valence-corrected chi connectivity index (χ2v) is 6.16. The number of anilines is 1. The third kappa shape index (κ3) is 4.94. The van der Waals surface area contributed by atoms with Gasteiger partial charge in [-0.25, -0.2) is 0 Å². The smallest absolute Gasteiger partial charge is 0.238 e. The minimum absolute atomic E-state index is 0.0953. The first-order valence-corrected chi connectivity index (χ1v) is 8.13. The zero-order valence-electron chi connectivity index (χ0n) is 14.3. The Balaban J connectivity index is 1.85. The van der Waals surface area contributed by atoms with Crippen LogP contribution in [0, 0.1) is 11.3 Å². The van der Waals surface area contributed by atoms with Gasteiger partial charge in [-0.2, -0.15) is 5.26 Å². The van der Waals surface area contributed by atoms with Crippen molar-refractivity contribution < 1.29 is 4.79 Å². The fraction of sp³-hybridized carbons (Fsp3) is 0.300. The van der Waals surface area contributed by atoms with Crippen LogP contribution in [0.4, 0.5) is 5.69 Å². The Morgan fingerprint density at radius 1 is 1.00 bits per heavy atom. The molecular weight excluding hydrogens is 298 g/mol. The zero-order chi connectivity index (χ0) is 17.5. The third-order valence-electron chi connectivity index (χ3n) is 3.97. The van der Waals surface area contributed by atoms with Crippen molar-refractivity contribution in [3.8, 4) is 6.07 Å². The monoisotopic (exact) mass is 321 g/mol. The van der Waals surface area contributed by atoms with Crippen LogP contribution in [0.3, 0.4) is 0 Å². The predicted molar refractivity (Wildman–Crippen MR) is 96.7 cm³/mol. The average molecular weight is 321 g/mol. The lowest BCUT2D eigenvalue weighted by Gasteiger charge is -2.15. The molecule has 2 aromatic rings. The van der Waals surface area contributed by atoms with Crippen molar-refractivity contribution in [3.63, 3.8) is 0 Å². The molecule has 4 nitrogen and oxygen atoms in total. The number of amides is 1. The molecule has 4 heteroatoms. The van der Waals surface area contributed by atoms with Gasteiger partial charge >= 0.3 is 0 Å². The first kappa shape index (κ1) is 17.7. The number of hydrogen-bond donors (Lipinski definition) is 2. The SMILES string of the molecule is CC(C)c1ccc(C(C)NCC(=O)Nc2ccc(C#N)cc2)cc1. The van der Waals surface area contributed by atoms with E-state index in [9.17, 15) is 4.79 Å². The topological polar surface area (TPSA) is 64.9 Å². The Morgan fingerprint density at radius 2 is 1.58 bits per heavy atom. The summed E-state index contributed by atoms with van der Waals surface area (Å²) in [4.78, 5) is 12.0. The highest BCUT2D eigenvalue weighted by molar-refractivity contribution is 5.92. The highest BCUT2D eigenvalue weighted by atomic mass is 16.1. The van der Waals surface area contributed by atoms with Crippen molar-refractivity contribution in [2.75, 3.05) is 11.9 Å². The fourth-order valence-corrected chi connectivity index (χ4v) is 2.37. The third-order valence-corrected chi connectivity index (χ3v) is 3.97. The minimum Gasteiger partial charge on any atom is -0.325 e. The van der Waals surface area contributed by atoms with Crippen LogP contribution in [0.2, 0.25) is 0 Å². The van der Waals surface area contributed by atoms with E-state index in [2.05, 4.69) is 54.8 Å². The molecule has 24 heavy (non-hydrogen) atoms. The van der Waals surface area contributed by atoms with Gasteiger partial charge in [0, 0.05) is 11.7 Å².